The largest absolute Gasteiger partial charge is 0.0877 e. The van der Waals surface area contributed by atoms with E-state index >= 15 is 0 Å². The Hall–Kier alpha value is -0.520. The third-order valence-corrected chi connectivity index (χ3v) is 1.30. The van der Waals surface area contributed by atoms with Gasteiger partial charge >= 0.3 is 0 Å². The fraction of sp³-hybridized carbons (Fsp3) is 0.600. The van der Waals surface area contributed by atoms with E-state index in [1.165, 1.54) is 12.0 Å². The standard InChI is InChI=1S/C10H18/c1-5-6-7-10(4)8-9(2)3/h5-7,9H,8H2,1-4H3/b6-5-,10-7+. The fourth-order valence-corrected chi connectivity index (χ4v) is 0.972. The lowest BCUT2D eigenvalue weighted by atomic mass is 10.0. The summed E-state index contributed by atoms with van der Waals surface area (Å²) in [6, 6.07) is 0. The molecule has 0 saturated carbocycles. The quantitative estimate of drug-likeness (QED) is 0.523. The van der Waals surface area contributed by atoms with Gasteiger partial charge in [-0.3, -0.25) is 0 Å². The monoisotopic (exact) mass is 138 g/mol. The highest BCUT2D eigenvalue weighted by Crippen LogP contribution is 2.08. The summed E-state index contributed by atoms with van der Waals surface area (Å²) in [4.78, 5) is 0. The fourth-order valence-electron chi connectivity index (χ4n) is 0.972. The Morgan fingerprint density at radius 1 is 1.40 bits per heavy atom. The van der Waals surface area contributed by atoms with Crippen molar-refractivity contribution in [3.63, 3.8) is 0 Å². The van der Waals surface area contributed by atoms with Gasteiger partial charge < -0.3 is 0 Å². The number of rotatable bonds is 3. The number of allylic oxidation sites excluding steroid dienone is 4. The lowest BCUT2D eigenvalue weighted by Crippen LogP contribution is -1.86. The minimum atomic E-state index is 0.779. The van der Waals surface area contributed by atoms with Gasteiger partial charge in [0, 0.05) is 0 Å². The molecule has 0 saturated heterocycles. The zero-order chi connectivity index (χ0) is 7.98. The zero-order valence-corrected chi connectivity index (χ0v) is 7.52. The summed E-state index contributed by atoms with van der Waals surface area (Å²) in [5.74, 6) is 0.779. The van der Waals surface area contributed by atoms with Crippen LogP contribution in [0.15, 0.2) is 23.8 Å². The van der Waals surface area contributed by atoms with Crippen LogP contribution in [0.5, 0.6) is 0 Å². The van der Waals surface area contributed by atoms with Crippen molar-refractivity contribution in [3.8, 4) is 0 Å². The van der Waals surface area contributed by atoms with Crippen molar-refractivity contribution in [2.75, 3.05) is 0 Å². The van der Waals surface area contributed by atoms with E-state index in [0.717, 1.165) is 5.92 Å². The van der Waals surface area contributed by atoms with Crippen LogP contribution < -0.4 is 0 Å². The van der Waals surface area contributed by atoms with Gasteiger partial charge in [-0.05, 0) is 26.2 Å². The summed E-state index contributed by atoms with van der Waals surface area (Å²) < 4.78 is 0. The van der Waals surface area contributed by atoms with Gasteiger partial charge in [-0.25, -0.2) is 0 Å². The molecule has 0 heterocycles. The second kappa shape index (κ2) is 5.28. The zero-order valence-electron chi connectivity index (χ0n) is 7.52. The van der Waals surface area contributed by atoms with Gasteiger partial charge in [-0.1, -0.05) is 37.6 Å². The van der Waals surface area contributed by atoms with E-state index in [1.54, 1.807) is 0 Å². The van der Waals surface area contributed by atoms with Crippen molar-refractivity contribution in [2.24, 2.45) is 5.92 Å². The van der Waals surface area contributed by atoms with Crippen molar-refractivity contribution in [1.82, 2.24) is 0 Å². The van der Waals surface area contributed by atoms with E-state index in [-0.39, 0.29) is 0 Å². The molecule has 0 aromatic heterocycles. The SMILES string of the molecule is C/C=C\C=C(/C)CC(C)C. The van der Waals surface area contributed by atoms with Gasteiger partial charge in [0.05, 0.1) is 0 Å². The summed E-state index contributed by atoms with van der Waals surface area (Å²) in [5.41, 5.74) is 1.47. The Balaban J connectivity index is 3.71. The van der Waals surface area contributed by atoms with Crippen LogP contribution in [0.3, 0.4) is 0 Å². The highest BCUT2D eigenvalue weighted by Gasteiger charge is 1.92. The molecular weight excluding hydrogens is 120 g/mol. The molecule has 0 nitrogen and oxygen atoms in total. The number of hydrogen-bond acceptors (Lipinski definition) is 0. The van der Waals surface area contributed by atoms with Crippen LogP contribution in [-0.2, 0) is 0 Å². The molecule has 0 aromatic carbocycles. The van der Waals surface area contributed by atoms with Gasteiger partial charge in [-0.15, -0.1) is 0 Å². The molecule has 0 atom stereocenters. The molecule has 0 rings (SSSR count). The maximum atomic E-state index is 2.24. The maximum absolute atomic E-state index is 2.24. The molecule has 0 aliphatic heterocycles. The van der Waals surface area contributed by atoms with Crippen LogP contribution in [0.1, 0.15) is 34.1 Å². The Kier molecular flexibility index (Phi) is 5.00. The molecule has 0 unspecified atom stereocenters. The average molecular weight is 138 g/mol. The molecule has 0 N–H and O–H groups in total. The maximum Gasteiger partial charge on any atom is -0.0297 e. The van der Waals surface area contributed by atoms with Crippen LogP contribution in [-0.4, -0.2) is 0 Å². The molecule has 0 fully saturated rings. The first-order valence-corrected chi connectivity index (χ1v) is 3.95. The lowest BCUT2D eigenvalue weighted by Gasteiger charge is -2.02. The predicted octanol–water partition coefficient (Wildman–Crippen LogP) is 3.55. The molecule has 0 radical (unpaired) electrons. The van der Waals surface area contributed by atoms with Gasteiger partial charge in [0.15, 0.2) is 0 Å². The minimum Gasteiger partial charge on any atom is -0.0877 e. The molecule has 0 bridgehead atoms. The van der Waals surface area contributed by atoms with E-state index in [4.69, 9.17) is 0 Å². The van der Waals surface area contributed by atoms with E-state index in [2.05, 4.69) is 39.0 Å². The van der Waals surface area contributed by atoms with Crippen molar-refractivity contribution in [1.29, 1.82) is 0 Å². The molecule has 0 aliphatic carbocycles. The topological polar surface area (TPSA) is 0 Å². The predicted molar refractivity (Wildman–Crippen MR) is 48.0 cm³/mol. The van der Waals surface area contributed by atoms with Crippen molar-refractivity contribution >= 4 is 0 Å². The molecule has 0 aromatic rings. The smallest absolute Gasteiger partial charge is 0.0297 e. The van der Waals surface area contributed by atoms with Crippen molar-refractivity contribution < 1.29 is 0 Å². The molecule has 0 amide bonds. The van der Waals surface area contributed by atoms with Gasteiger partial charge in [-0.2, -0.15) is 0 Å². The molecule has 0 aliphatic rings. The van der Waals surface area contributed by atoms with Crippen LogP contribution >= 0.6 is 0 Å². The number of hydrogen-bond donors (Lipinski definition) is 0. The van der Waals surface area contributed by atoms with Crippen LogP contribution in [0, 0.1) is 5.92 Å². The van der Waals surface area contributed by atoms with Gasteiger partial charge in [0.2, 0.25) is 0 Å². The third kappa shape index (κ3) is 5.61. The summed E-state index contributed by atoms with van der Waals surface area (Å²) in [5, 5.41) is 0. The lowest BCUT2D eigenvalue weighted by molar-refractivity contribution is 0.642. The second-order valence-electron chi connectivity index (χ2n) is 3.14. The summed E-state index contributed by atoms with van der Waals surface area (Å²) >= 11 is 0. The van der Waals surface area contributed by atoms with Crippen molar-refractivity contribution in [3.05, 3.63) is 23.8 Å². The average Bonchev–Trinajstić information content (AvgIpc) is 1.82. The first kappa shape index (κ1) is 9.48. The third-order valence-electron chi connectivity index (χ3n) is 1.30. The summed E-state index contributed by atoms with van der Waals surface area (Å²) in [6.07, 6.45) is 7.55. The Labute approximate surface area is 64.6 Å². The van der Waals surface area contributed by atoms with E-state index in [9.17, 15) is 0 Å². The Morgan fingerprint density at radius 2 is 2.00 bits per heavy atom. The van der Waals surface area contributed by atoms with E-state index in [0.29, 0.717) is 0 Å². The van der Waals surface area contributed by atoms with Crippen LogP contribution in [0.25, 0.3) is 0 Å². The van der Waals surface area contributed by atoms with E-state index < -0.39 is 0 Å². The highest BCUT2D eigenvalue weighted by atomic mass is 14.0. The molecule has 0 spiro atoms. The summed E-state index contributed by atoms with van der Waals surface area (Å²) in [6.45, 7) is 8.71. The first-order valence-electron chi connectivity index (χ1n) is 3.95. The Bertz CT molecular complexity index is 127. The molecular formula is C10H18. The van der Waals surface area contributed by atoms with Crippen LogP contribution in [0.2, 0.25) is 0 Å². The summed E-state index contributed by atoms with van der Waals surface area (Å²) in [7, 11) is 0. The molecule has 58 valence electrons. The van der Waals surface area contributed by atoms with Gasteiger partial charge in [0.25, 0.3) is 0 Å². The second-order valence-corrected chi connectivity index (χ2v) is 3.14. The molecule has 10 heavy (non-hydrogen) atoms. The highest BCUT2D eigenvalue weighted by molar-refractivity contribution is 5.09. The normalized spacial score (nSPS) is 13.5. The van der Waals surface area contributed by atoms with E-state index in [1.807, 2.05) is 6.92 Å². The van der Waals surface area contributed by atoms with Crippen LogP contribution in [0.4, 0.5) is 0 Å². The van der Waals surface area contributed by atoms with Gasteiger partial charge in [0.1, 0.15) is 0 Å². The molecule has 0 heteroatoms. The first-order chi connectivity index (χ1) is 4.66. The van der Waals surface area contributed by atoms with Crippen molar-refractivity contribution in [2.45, 2.75) is 34.1 Å². The Morgan fingerprint density at radius 3 is 2.40 bits per heavy atom. The minimum absolute atomic E-state index is 0.779.